The zero-order valence-corrected chi connectivity index (χ0v) is 10.0. The quantitative estimate of drug-likeness (QED) is 0.512. The van der Waals surface area contributed by atoms with Crippen LogP contribution in [0.25, 0.3) is 6.08 Å². The van der Waals surface area contributed by atoms with Crippen LogP contribution in [-0.4, -0.2) is 11.1 Å². The highest BCUT2D eigenvalue weighted by Crippen LogP contribution is 2.40. The Morgan fingerprint density at radius 2 is 1.52 bits per heavy atom. The molecule has 0 spiro atoms. The molecule has 112 valence electrons. The maximum absolute atomic E-state index is 12.8. The Labute approximate surface area is 114 Å². The van der Waals surface area contributed by atoms with Crippen molar-refractivity contribution >= 4 is 12.0 Å². The number of carboxylic acids is 1. The summed E-state index contributed by atoms with van der Waals surface area (Å²) in [6.07, 6.45) is -4.96. The van der Waals surface area contributed by atoms with Gasteiger partial charge < -0.3 is 5.11 Å². The molecule has 21 heavy (non-hydrogen) atoms. The summed E-state index contributed by atoms with van der Waals surface area (Å²) in [6, 6.07) is 0.716. The van der Waals surface area contributed by atoms with E-state index in [1.54, 1.807) is 5.92 Å². The molecule has 8 heteroatoms. The topological polar surface area (TPSA) is 37.3 Å². The van der Waals surface area contributed by atoms with E-state index in [-0.39, 0.29) is 12.2 Å². The first-order chi connectivity index (χ1) is 9.46. The van der Waals surface area contributed by atoms with Crippen molar-refractivity contribution in [3.05, 3.63) is 40.5 Å². The van der Waals surface area contributed by atoms with Crippen LogP contribution in [0.3, 0.4) is 0 Å². The third-order valence-electron chi connectivity index (χ3n) is 2.35. The van der Waals surface area contributed by atoms with Gasteiger partial charge in [-0.25, -0.2) is 4.79 Å². The fourth-order valence-corrected chi connectivity index (χ4v) is 1.54. The van der Waals surface area contributed by atoms with E-state index in [1.165, 1.54) is 0 Å². The van der Waals surface area contributed by atoms with Crippen LogP contribution in [0.2, 0.25) is 0 Å². The van der Waals surface area contributed by atoms with Crippen LogP contribution in [0.4, 0.5) is 26.3 Å². The average Bonchev–Trinajstić information content (AvgIpc) is 2.32. The van der Waals surface area contributed by atoms with Crippen LogP contribution >= 0.6 is 0 Å². The van der Waals surface area contributed by atoms with Gasteiger partial charge in [0.25, 0.3) is 0 Å². The third-order valence-corrected chi connectivity index (χ3v) is 2.35. The molecule has 0 radical (unpaired) electrons. The summed E-state index contributed by atoms with van der Waals surface area (Å²) >= 11 is 0. The van der Waals surface area contributed by atoms with E-state index in [4.69, 9.17) is 11.5 Å². The summed E-state index contributed by atoms with van der Waals surface area (Å²) in [5, 5.41) is 8.38. The molecule has 0 amide bonds. The molecule has 0 bridgehead atoms. The molecule has 1 rings (SSSR count). The smallest absolute Gasteiger partial charge is 0.417 e. The fourth-order valence-electron chi connectivity index (χ4n) is 1.54. The van der Waals surface area contributed by atoms with Crippen LogP contribution in [-0.2, 0) is 17.1 Å². The first-order valence-electron chi connectivity index (χ1n) is 5.17. The minimum atomic E-state index is -5.12. The number of benzene rings is 1. The molecular formula is C13H6F6O2. The molecule has 0 fully saturated rings. The second-order valence-electron chi connectivity index (χ2n) is 3.80. The monoisotopic (exact) mass is 308 g/mol. The molecular weight excluding hydrogens is 302 g/mol. The van der Waals surface area contributed by atoms with Crippen molar-refractivity contribution in [1.82, 2.24) is 0 Å². The molecule has 0 atom stereocenters. The summed E-state index contributed by atoms with van der Waals surface area (Å²) in [5.74, 6) is 0.0205. The molecule has 1 N–H and O–H groups in total. The maximum Gasteiger partial charge on any atom is 0.417 e. The minimum absolute atomic E-state index is 0.190. The number of carboxylic acid groups (broad SMARTS) is 1. The van der Waals surface area contributed by atoms with E-state index < -0.39 is 40.6 Å². The average molecular weight is 308 g/mol. The molecule has 0 unspecified atom stereocenters. The maximum atomic E-state index is 12.8. The number of hydrogen-bond donors (Lipinski definition) is 1. The molecule has 1 aromatic carbocycles. The lowest BCUT2D eigenvalue weighted by molar-refractivity contribution is -0.143. The van der Waals surface area contributed by atoms with E-state index in [0.717, 1.165) is 0 Å². The summed E-state index contributed by atoms with van der Waals surface area (Å²) in [7, 11) is 0. The van der Waals surface area contributed by atoms with Crippen LogP contribution in [0.15, 0.2) is 18.2 Å². The minimum Gasteiger partial charge on any atom is -0.478 e. The molecule has 0 aromatic heterocycles. The lowest BCUT2D eigenvalue weighted by Crippen LogP contribution is -2.15. The first-order valence-corrected chi connectivity index (χ1v) is 5.17. The van der Waals surface area contributed by atoms with Crippen molar-refractivity contribution in [3.63, 3.8) is 0 Å². The predicted molar refractivity (Wildman–Crippen MR) is 61.1 cm³/mol. The summed E-state index contributed by atoms with van der Waals surface area (Å²) in [4.78, 5) is 10.3. The Morgan fingerprint density at radius 1 is 1.10 bits per heavy atom. The molecule has 0 aliphatic heterocycles. The summed E-state index contributed by atoms with van der Waals surface area (Å²) < 4.78 is 77.0. The standard InChI is InChI=1S/C13H6F6O2/c1-2-7-5-9(12(14,15)16)8(3-4-11(20)21)10(6-7)13(17,18)19/h1,3-6H,(H,20,21)/b4-3+. The number of rotatable bonds is 2. The van der Waals surface area contributed by atoms with E-state index in [9.17, 15) is 31.1 Å². The Balaban J connectivity index is 3.77. The van der Waals surface area contributed by atoms with Crippen molar-refractivity contribution in [2.75, 3.05) is 0 Å². The Bertz CT molecular complexity index is 597. The van der Waals surface area contributed by atoms with Crippen LogP contribution in [0.1, 0.15) is 22.3 Å². The zero-order valence-electron chi connectivity index (χ0n) is 10.0. The molecule has 0 aliphatic rings. The van der Waals surface area contributed by atoms with Gasteiger partial charge in [-0.1, -0.05) is 5.92 Å². The van der Waals surface area contributed by atoms with E-state index in [0.29, 0.717) is 12.1 Å². The van der Waals surface area contributed by atoms with Crippen LogP contribution in [0, 0.1) is 12.3 Å². The highest BCUT2D eigenvalue weighted by molar-refractivity contribution is 5.86. The number of terminal acetylenes is 1. The Morgan fingerprint density at radius 3 is 1.81 bits per heavy atom. The Hall–Kier alpha value is -2.43. The van der Waals surface area contributed by atoms with E-state index in [2.05, 4.69) is 0 Å². The van der Waals surface area contributed by atoms with Gasteiger partial charge in [0.05, 0.1) is 11.1 Å². The molecule has 1 aromatic rings. The van der Waals surface area contributed by atoms with E-state index >= 15 is 0 Å². The second-order valence-corrected chi connectivity index (χ2v) is 3.80. The lowest BCUT2D eigenvalue weighted by Gasteiger charge is -2.17. The summed E-state index contributed by atoms with van der Waals surface area (Å²) in [6.45, 7) is 0. The van der Waals surface area contributed by atoms with E-state index in [1.807, 2.05) is 0 Å². The molecule has 2 nitrogen and oxygen atoms in total. The van der Waals surface area contributed by atoms with Gasteiger partial charge in [0, 0.05) is 11.6 Å². The highest BCUT2D eigenvalue weighted by Gasteiger charge is 2.40. The van der Waals surface area contributed by atoms with Crippen molar-refractivity contribution in [1.29, 1.82) is 0 Å². The normalized spacial score (nSPS) is 12.4. The first kappa shape index (κ1) is 16.6. The number of halogens is 6. The zero-order chi connectivity index (χ0) is 16.4. The van der Waals surface area contributed by atoms with Gasteiger partial charge in [0.15, 0.2) is 0 Å². The van der Waals surface area contributed by atoms with Crippen molar-refractivity contribution in [2.45, 2.75) is 12.4 Å². The lowest BCUT2D eigenvalue weighted by atomic mass is 9.96. The number of aliphatic carboxylic acids is 1. The van der Waals surface area contributed by atoms with Crippen molar-refractivity contribution in [3.8, 4) is 12.3 Å². The van der Waals surface area contributed by atoms with Gasteiger partial charge in [-0.2, -0.15) is 26.3 Å². The predicted octanol–water partition coefficient (Wildman–Crippen LogP) is 3.80. The Kier molecular flexibility index (Phi) is 4.37. The van der Waals surface area contributed by atoms with Crippen LogP contribution < -0.4 is 0 Å². The third kappa shape index (κ3) is 4.02. The molecule has 0 saturated carbocycles. The van der Waals surface area contributed by atoms with Gasteiger partial charge in [-0.15, -0.1) is 6.42 Å². The number of alkyl halides is 6. The summed E-state index contributed by atoms with van der Waals surface area (Å²) in [5.41, 5.74) is -5.20. The largest absolute Gasteiger partial charge is 0.478 e. The number of hydrogen-bond acceptors (Lipinski definition) is 1. The molecule has 0 heterocycles. The second kappa shape index (κ2) is 5.52. The molecule has 0 aliphatic carbocycles. The van der Waals surface area contributed by atoms with Gasteiger partial charge in [-0.3, -0.25) is 0 Å². The van der Waals surface area contributed by atoms with Gasteiger partial charge in [0.1, 0.15) is 0 Å². The van der Waals surface area contributed by atoms with Gasteiger partial charge >= 0.3 is 18.3 Å². The molecule has 0 saturated heterocycles. The van der Waals surface area contributed by atoms with Gasteiger partial charge in [0.2, 0.25) is 0 Å². The van der Waals surface area contributed by atoms with Crippen molar-refractivity contribution < 1.29 is 36.2 Å². The number of carbonyl (C=O) groups is 1. The van der Waals surface area contributed by atoms with Crippen molar-refractivity contribution in [2.24, 2.45) is 0 Å². The van der Waals surface area contributed by atoms with Gasteiger partial charge in [-0.05, 0) is 23.8 Å². The highest BCUT2D eigenvalue weighted by atomic mass is 19.4. The fraction of sp³-hybridized carbons (Fsp3) is 0.154. The SMILES string of the molecule is C#Cc1cc(C(F)(F)F)c(/C=C/C(=O)O)c(C(F)(F)F)c1. The van der Waals surface area contributed by atoms with Crippen LogP contribution in [0.5, 0.6) is 0 Å².